The van der Waals surface area contributed by atoms with Gasteiger partial charge < -0.3 is 5.73 Å². The summed E-state index contributed by atoms with van der Waals surface area (Å²) in [6, 6.07) is 0. The lowest BCUT2D eigenvalue weighted by molar-refractivity contribution is 0.641. The lowest BCUT2D eigenvalue weighted by Crippen LogP contribution is -2.17. The van der Waals surface area contributed by atoms with Gasteiger partial charge in [-0.2, -0.15) is 0 Å². The summed E-state index contributed by atoms with van der Waals surface area (Å²) in [6.07, 6.45) is 12.2. The zero-order valence-electron chi connectivity index (χ0n) is 6.57. The summed E-state index contributed by atoms with van der Waals surface area (Å²) in [6.45, 7) is 0. The van der Waals surface area contributed by atoms with Crippen molar-refractivity contribution >= 4 is 11.6 Å². The van der Waals surface area contributed by atoms with Crippen molar-refractivity contribution < 1.29 is 0 Å². The topological polar surface area (TPSA) is 26.0 Å². The fourth-order valence-corrected chi connectivity index (χ4v) is 1.83. The van der Waals surface area contributed by atoms with E-state index in [0.29, 0.717) is 11.6 Å². The highest BCUT2D eigenvalue weighted by Gasteiger charge is 2.23. The molecule has 0 saturated heterocycles. The van der Waals surface area contributed by atoms with Gasteiger partial charge >= 0.3 is 0 Å². The molecule has 0 saturated carbocycles. The highest BCUT2D eigenvalue weighted by Crippen LogP contribution is 2.34. The number of nitrogens with two attached hydrogens (primary N) is 1. The molecule has 0 heterocycles. The van der Waals surface area contributed by atoms with Crippen LogP contribution in [0.1, 0.15) is 0 Å². The minimum absolute atomic E-state index is 0.265. The minimum atomic E-state index is 0.265. The first-order valence-corrected chi connectivity index (χ1v) is 4.35. The van der Waals surface area contributed by atoms with Gasteiger partial charge in [0, 0.05) is 22.6 Å². The van der Waals surface area contributed by atoms with Gasteiger partial charge in [-0.15, -0.1) is 0 Å². The standard InChI is InChI=1S/C10H10ClN/c11-10-8-4-2-1-3-7(8)5-6-9(10)12/h1-8H,12H2. The average molecular weight is 180 g/mol. The zero-order valence-corrected chi connectivity index (χ0v) is 7.33. The molecule has 0 fully saturated rings. The fourth-order valence-electron chi connectivity index (χ4n) is 1.55. The first-order chi connectivity index (χ1) is 5.79. The molecule has 2 atom stereocenters. The van der Waals surface area contributed by atoms with E-state index in [2.05, 4.69) is 18.2 Å². The molecule has 0 aromatic rings. The summed E-state index contributed by atoms with van der Waals surface area (Å²) in [4.78, 5) is 0. The molecule has 0 aliphatic heterocycles. The van der Waals surface area contributed by atoms with Crippen LogP contribution in [0, 0.1) is 11.8 Å². The first-order valence-electron chi connectivity index (χ1n) is 3.97. The van der Waals surface area contributed by atoms with Crippen LogP contribution in [0.2, 0.25) is 0 Å². The smallest absolute Gasteiger partial charge is 0.0487 e. The molecule has 12 heavy (non-hydrogen) atoms. The van der Waals surface area contributed by atoms with Crippen molar-refractivity contribution in [2.24, 2.45) is 17.6 Å². The van der Waals surface area contributed by atoms with Crippen molar-refractivity contribution in [2.75, 3.05) is 0 Å². The fraction of sp³-hybridized carbons (Fsp3) is 0.200. The number of fused-ring (bicyclic) bond motifs is 1. The first kappa shape index (κ1) is 7.69. The molecule has 2 aliphatic rings. The third kappa shape index (κ3) is 1.10. The third-order valence-corrected chi connectivity index (χ3v) is 2.71. The van der Waals surface area contributed by atoms with E-state index in [9.17, 15) is 0 Å². The van der Waals surface area contributed by atoms with Crippen molar-refractivity contribution in [3.05, 3.63) is 47.2 Å². The van der Waals surface area contributed by atoms with E-state index in [1.54, 1.807) is 0 Å². The normalized spacial score (nSPS) is 32.4. The number of hydrogen-bond donors (Lipinski definition) is 1. The van der Waals surface area contributed by atoms with E-state index in [-0.39, 0.29) is 5.92 Å². The SMILES string of the molecule is NC1=C(Cl)C2C=CC=CC2C=C1. The summed E-state index contributed by atoms with van der Waals surface area (Å²) in [5, 5.41) is 0.767. The maximum absolute atomic E-state index is 6.06. The van der Waals surface area contributed by atoms with Gasteiger partial charge in [-0.3, -0.25) is 0 Å². The van der Waals surface area contributed by atoms with Crippen molar-refractivity contribution in [1.29, 1.82) is 0 Å². The second kappa shape index (κ2) is 2.83. The largest absolute Gasteiger partial charge is 0.398 e. The Morgan fingerprint density at radius 1 is 1.17 bits per heavy atom. The van der Waals surface area contributed by atoms with Gasteiger partial charge in [0.2, 0.25) is 0 Å². The predicted molar refractivity (Wildman–Crippen MR) is 51.5 cm³/mol. The van der Waals surface area contributed by atoms with Crippen LogP contribution < -0.4 is 5.73 Å². The Bertz CT molecular complexity index is 310. The molecule has 0 aromatic carbocycles. The Morgan fingerprint density at radius 3 is 2.75 bits per heavy atom. The third-order valence-electron chi connectivity index (χ3n) is 2.24. The molecule has 2 heteroatoms. The van der Waals surface area contributed by atoms with E-state index < -0.39 is 0 Å². The molecule has 2 aliphatic carbocycles. The van der Waals surface area contributed by atoms with E-state index in [4.69, 9.17) is 17.3 Å². The Morgan fingerprint density at radius 2 is 1.92 bits per heavy atom. The zero-order chi connectivity index (χ0) is 8.55. The Labute approximate surface area is 76.9 Å². The molecule has 0 bridgehead atoms. The van der Waals surface area contributed by atoms with Gasteiger partial charge in [-0.25, -0.2) is 0 Å². The minimum Gasteiger partial charge on any atom is -0.398 e. The quantitative estimate of drug-likeness (QED) is 0.607. The molecule has 2 rings (SSSR count). The predicted octanol–water partition coefficient (Wildman–Crippen LogP) is 2.32. The van der Waals surface area contributed by atoms with Gasteiger partial charge in [0.25, 0.3) is 0 Å². The summed E-state index contributed by atoms with van der Waals surface area (Å²) in [5.74, 6) is 0.663. The average Bonchev–Trinajstić information content (AvgIpc) is 2.12. The maximum Gasteiger partial charge on any atom is 0.0487 e. The Balaban J connectivity index is 2.38. The maximum atomic E-state index is 6.06. The van der Waals surface area contributed by atoms with Crippen LogP contribution in [0.25, 0.3) is 0 Å². The number of allylic oxidation sites excluding steroid dienone is 7. The van der Waals surface area contributed by atoms with Gasteiger partial charge in [0.1, 0.15) is 0 Å². The van der Waals surface area contributed by atoms with Crippen LogP contribution in [0.5, 0.6) is 0 Å². The van der Waals surface area contributed by atoms with Crippen molar-refractivity contribution in [2.45, 2.75) is 0 Å². The van der Waals surface area contributed by atoms with Crippen LogP contribution in [-0.4, -0.2) is 0 Å². The Hall–Kier alpha value is -0.950. The van der Waals surface area contributed by atoms with E-state index in [0.717, 1.165) is 5.03 Å². The molecule has 0 aromatic heterocycles. The second-order valence-corrected chi connectivity index (χ2v) is 3.44. The lowest BCUT2D eigenvalue weighted by Gasteiger charge is -2.24. The number of hydrogen-bond acceptors (Lipinski definition) is 1. The summed E-state index contributed by atoms with van der Waals surface area (Å²) < 4.78 is 0. The van der Waals surface area contributed by atoms with E-state index in [1.165, 1.54) is 0 Å². The van der Waals surface area contributed by atoms with Gasteiger partial charge in [-0.05, 0) is 6.08 Å². The van der Waals surface area contributed by atoms with Crippen molar-refractivity contribution in [3.63, 3.8) is 0 Å². The highest BCUT2D eigenvalue weighted by molar-refractivity contribution is 6.30. The molecular formula is C10H10ClN. The number of rotatable bonds is 0. The monoisotopic (exact) mass is 179 g/mol. The second-order valence-electron chi connectivity index (χ2n) is 3.04. The van der Waals surface area contributed by atoms with Crippen LogP contribution in [-0.2, 0) is 0 Å². The molecule has 0 spiro atoms. The van der Waals surface area contributed by atoms with Crippen molar-refractivity contribution in [3.8, 4) is 0 Å². The summed E-state index contributed by atoms with van der Waals surface area (Å²) >= 11 is 6.06. The van der Waals surface area contributed by atoms with Crippen LogP contribution in [0.4, 0.5) is 0 Å². The molecular weight excluding hydrogens is 170 g/mol. The van der Waals surface area contributed by atoms with Gasteiger partial charge in [0.15, 0.2) is 0 Å². The van der Waals surface area contributed by atoms with E-state index >= 15 is 0 Å². The summed E-state index contributed by atoms with van der Waals surface area (Å²) in [7, 11) is 0. The highest BCUT2D eigenvalue weighted by atomic mass is 35.5. The molecule has 0 radical (unpaired) electrons. The molecule has 0 amide bonds. The summed E-state index contributed by atoms with van der Waals surface area (Å²) in [5.41, 5.74) is 6.38. The Kier molecular flexibility index (Phi) is 1.81. The van der Waals surface area contributed by atoms with Gasteiger partial charge in [0.05, 0.1) is 0 Å². The number of halogens is 1. The molecule has 2 N–H and O–H groups in total. The van der Waals surface area contributed by atoms with Crippen LogP contribution in [0.3, 0.4) is 0 Å². The van der Waals surface area contributed by atoms with Crippen molar-refractivity contribution in [1.82, 2.24) is 0 Å². The molecule has 1 nitrogen and oxygen atoms in total. The van der Waals surface area contributed by atoms with Gasteiger partial charge in [-0.1, -0.05) is 42.0 Å². The molecule has 62 valence electrons. The van der Waals surface area contributed by atoms with Crippen LogP contribution in [0.15, 0.2) is 47.2 Å². The molecule has 2 unspecified atom stereocenters. The lowest BCUT2D eigenvalue weighted by atomic mass is 9.84. The van der Waals surface area contributed by atoms with E-state index in [1.807, 2.05) is 18.2 Å². The van der Waals surface area contributed by atoms with Crippen LogP contribution >= 0.6 is 11.6 Å².